The van der Waals surface area contributed by atoms with E-state index in [-0.39, 0.29) is 40.7 Å². The summed E-state index contributed by atoms with van der Waals surface area (Å²) in [4.78, 5) is 24.4. The molecule has 11 heteroatoms. The van der Waals surface area contributed by atoms with Gasteiger partial charge in [-0.1, -0.05) is 44.5 Å². The van der Waals surface area contributed by atoms with Crippen LogP contribution >= 0.6 is 11.8 Å². The molecular weight excluding hydrogens is 633 g/mol. The molecule has 0 fully saturated rings. The number of aromatic nitrogens is 2. The van der Waals surface area contributed by atoms with E-state index in [0.29, 0.717) is 47.7 Å². The highest BCUT2D eigenvalue weighted by atomic mass is 32.2. The molecule has 8 nitrogen and oxygen atoms in total. The molecule has 4 aromatic rings. The number of carbonyl (C=O) groups excluding carboxylic acids is 1. The third kappa shape index (κ3) is 7.72. The summed E-state index contributed by atoms with van der Waals surface area (Å²) >= 11 is 1.77. The molecule has 0 radical (unpaired) electrons. The van der Waals surface area contributed by atoms with Gasteiger partial charge in [-0.2, -0.15) is 16.2 Å². The van der Waals surface area contributed by atoms with Crippen molar-refractivity contribution in [2.24, 2.45) is 10.4 Å². The number of aryl methyl sites for hydroxylation is 1. The maximum Gasteiger partial charge on any atom is 0.310 e. The summed E-state index contributed by atoms with van der Waals surface area (Å²) < 4.78 is 42.1. The van der Waals surface area contributed by atoms with Gasteiger partial charge >= 0.3 is 5.97 Å². The average Bonchev–Trinajstić information content (AvgIpc) is 3.55. The number of nitrogens with zero attached hydrogens (tertiary/aromatic N) is 2. The number of rotatable bonds is 4. The van der Waals surface area contributed by atoms with Gasteiger partial charge < -0.3 is 19.8 Å². The lowest BCUT2D eigenvalue weighted by atomic mass is 9.75. The number of nitrogens with one attached hydrogen (secondary N) is 3. The van der Waals surface area contributed by atoms with Crippen LogP contribution in [0.3, 0.4) is 0 Å². The van der Waals surface area contributed by atoms with Crippen LogP contribution in [-0.4, -0.2) is 52.8 Å². The number of aromatic amines is 1. The van der Waals surface area contributed by atoms with Crippen LogP contribution in [0.2, 0.25) is 0 Å². The molecular formula is C37H43F2N5O3S. The average molecular weight is 676 g/mol. The highest BCUT2D eigenvalue weighted by Crippen LogP contribution is 2.39. The number of aliphatic imine (C=N–C) groups is 1. The number of thioether (sulfide) groups is 1. The first kappa shape index (κ1) is 35.1. The van der Waals surface area contributed by atoms with Crippen molar-refractivity contribution in [2.75, 3.05) is 25.2 Å². The lowest BCUT2D eigenvalue weighted by Crippen LogP contribution is -2.34. The van der Waals surface area contributed by atoms with Gasteiger partial charge in [0.05, 0.1) is 24.0 Å². The molecule has 2 aromatic heterocycles. The summed E-state index contributed by atoms with van der Waals surface area (Å²) in [5.41, 5.74) is 1.96. The Balaban J connectivity index is 1.58. The van der Waals surface area contributed by atoms with E-state index in [9.17, 15) is 10.2 Å². The Bertz CT molecular complexity index is 1840. The van der Waals surface area contributed by atoms with E-state index in [4.69, 9.17) is 14.5 Å². The molecule has 0 spiro atoms. The van der Waals surface area contributed by atoms with Gasteiger partial charge in [0.2, 0.25) is 5.82 Å². The minimum atomic E-state index is -1.05. The highest BCUT2D eigenvalue weighted by molar-refractivity contribution is 7.99. The number of amidine groups is 2. The molecule has 254 valence electrons. The summed E-state index contributed by atoms with van der Waals surface area (Å²) in [6.45, 7) is 8.56. The highest BCUT2D eigenvalue weighted by Gasteiger charge is 2.34. The van der Waals surface area contributed by atoms with Crippen LogP contribution in [0.4, 0.5) is 8.78 Å². The third-order valence-electron chi connectivity index (χ3n) is 8.87. The summed E-state index contributed by atoms with van der Waals surface area (Å²) in [6.07, 6.45) is 6.13. The zero-order chi connectivity index (χ0) is 34.5. The molecule has 0 unspecified atom stereocenters. The summed E-state index contributed by atoms with van der Waals surface area (Å²) in [5, 5.41) is 13.0. The summed E-state index contributed by atoms with van der Waals surface area (Å²) in [7, 11) is 1.69. The predicted molar refractivity (Wildman–Crippen MR) is 189 cm³/mol. The number of hydrogen-bond acceptors (Lipinski definition) is 7. The molecule has 5 rings (SSSR count). The monoisotopic (exact) mass is 675 g/mol. The van der Waals surface area contributed by atoms with Crippen molar-refractivity contribution in [1.29, 1.82) is 5.41 Å². The SMILES string of the molecule is CCOC(=O)Cc1cccc([C@@]2(C)CCCC(C)(C)CSCCc3c(c(F)c(F)c4[nH]ccc34)Oc3ccnc(c3)/C(NC)=N/C2=N)c1. The van der Waals surface area contributed by atoms with E-state index in [0.717, 1.165) is 29.7 Å². The van der Waals surface area contributed by atoms with Gasteiger partial charge in [0.25, 0.3) is 0 Å². The fourth-order valence-electron chi connectivity index (χ4n) is 6.14. The fourth-order valence-corrected chi connectivity index (χ4v) is 7.33. The minimum Gasteiger partial charge on any atom is -0.466 e. The summed E-state index contributed by atoms with van der Waals surface area (Å²) in [6, 6.07) is 12.7. The second-order valence-corrected chi connectivity index (χ2v) is 14.2. The van der Waals surface area contributed by atoms with Gasteiger partial charge in [-0.05, 0) is 73.3 Å². The van der Waals surface area contributed by atoms with E-state index in [1.54, 1.807) is 50.1 Å². The Morgan fingerprint density at radius 1 is 1.15 bits per heavy atom. The molecule has 2 aromatic carbocycles. The molecule has 3 heterocycles. The largest absolute Gasteiger partial charge is 0.466 e. The minimum absolute atomic E-state index is 0.0253. The van der Waals surface area contributed by atoms with Crippen LogP contribution in [-0.2, 0) is 27.8 Å². The molecule has 0 saturated carbocycles. The number of fused-ring (bicyclic) bond motifs is 5. The maximum atomic E-state index is 15.6. The normalized spacial score (nSPS) is 20.1. The number of ether oxygens (including phenoxy) is 2. The fraction of sp³-hybridized carbons (Fsp3) is 0.405. The van der Waals surface area contributed by atoms with Crippen molar-refractivity contribution in [3.05, 3.63) is 88.9 Å². The zero-order valence-corrected chi connectivity index (χ0v) is 29.0. The topological polar surface area (TPSA) is 112 Å². The first-order valence-electron chi connectivity index (χ1n) is 16.2. The molecule has 48 heavy (non-hydrogen) atoms. The van der Waals surface area contributed by atoms with Crippen molar-refractivity contribution in [3.63, 3.8) is 0 Å². The Kier molecular flexibility index (Phi) is 10.9. The van der Waals surface area contributed by atoms with Gasteiger partial charge in [-0.15, -0.1) is 0 Å². The van der Waals surface area contributed by atoms with Crippen molar-refractivity contribution >= 4 is 40.3 Å². The van der Waals surface area contributed by atoms with Gasteiger partial charge in [-0.25, -0.2) is 9.38 Å². The van der Waals surface area contributed by atoms with Crippen molar-refractivity contribution < 1.29 is 23.0 Å². The van der Waals surface area contributed by atoms with Gasteiger partial charge in [0.15, 0.2) is 17.4 Å². The van der Waals surface area contributed by atoms with Crippen LogP contribution in [0.1, 0.15) is 69.3 Å². The Hall–Kier alpha value is -4.25. The quantitative estimate of drug-likeness (QED) is 0.188. The number of carbonyl (C=O) groups is 1. The van der Waals surface area contributed by atoms with E-state index in [1.165, 1.54) is 6.20 Å². The Labute approximate surface area is 284 Å². The number of halogens is 2. The van der Waals surface area contributed by atoms with E-state index in [1.807, 2.05) is 31.2 Å². The lowest BCUT2D eigenvalue weighted by Gasteiger charge is -2.32. The number of H-pyrrole nitrogens is 1. The Morgan fingerprint density at radius 2 is 1.96 bits per heavy atom. The predicted octanol–water partition coefficient (Wildman–Crippen LogP) is 8.13. The summed E-state index contributed by atoms with van der Waals surface area (Å²) in [5.74, 6) is -0.234. The molecule has 0 saturated heterocycles. The van der Waals surface area contributed by atoms with Gasteiger partial charge in [-0.3, -0.25) is 15.2 Å². The van der Waals surface area contributed by atoms with Crippen molar-refractivity contribution in [3.8, 4) is 11.5 Å². The molecule has 2 bridgehead atoms. The van der Waals surface area contributed by atoms with Gasteiger partial charge in [0.1, 0.15) is 17.3 Å². The molecule has 3 N–H and O–H groups in total. The molecule has 0 amide bonds. The standard InChI is InChI=1S/C37H43F2N5O3S/c1-6-46-29(45)20-23-9-7-10-24(19-23)37(4)15-8-14-36(2,3)22-48-18-13-27-26-12-17-43-32(26)30(38)31(39)33(27)47-25-11-16-42-28(21-25)34(41-5)44-35(37)40/h7,9-12,16-17,19,21,43H,6,8,13-15,18,20,22H2,1-5H3,(H2,40,41,44)/t37-/m1/s1. The lowest BCUT2D eigenvalue weighted by molar-refractivity contribution is -0.142. The van der Waals surface area contributed by atoms with Gasteiger partial charge in [0, 0.05) is 36.5 Å². The number of benzene rings is 2. The molecule has 0 aliphatic carbocycles. The van der Waals surface area contributed by atoms with Crippen LogP contribution < -0.4 is 10.1 Å². The van der Waals surface area contributed by atoms with Crippen LogP contribution in [0.15, 0.2) is 59.9 Å². The maximum absolute atomic E-state index is 15.6. The first-order chi connectivity index (χ1) is 23.0. The molecule has 1 aliphatic heterocycles. The third-order valence-corrected chi connectivity index (χ3v) is 10.4. The number of pyridine rings is 1. The van der Waals surface area contributed by atoms with E-state index < -0.39 is 17.0 Å². The van der Waals surface area contributed by atoms with Crippen LogP contribution in [0, 0.1) is 22.5 Å². The van der Waals surface area contributed by atoms with Crippen molar-refractivity contribution in [1.82, 2.24) is 15.3 Å². The van der Waals surface area contributed by atoms with E-state index in [2.05, 4.69) is 29.1 Å². The smallest absolute Gasteiger partial charge is 0.310 e. The zero-order valence-electron chi connectivity index (χ0n) is 28.1. The van der Waals surface area contributed by atoms with E-state index >= 15 is 8.78 Å². The molecule has 1 aliphatic rings. The van der Waals surface area contributed by atoms with Crippen LogP contribution in [0.5, 0.6) is 11.5 Å². The number of esters is 1. The van der Waals surface area contributed by atoms with Crippen LogP contribution in [0.25, 0.3) is 10.9 Å². The second-order valence-electron chi connectivity index (χ2n) is 13.1. The van der Waals surface area contributed by atoms with Crippen molar-refractivity contribution in [2.45, 2.75) is 65.2 Å². The second kappa shape index (κ2) is 14.9. The first-order valence-corrected chi connectivity index (χ1v) is 17.4. The molecule has 1 atom stereocenters. The Morgan fingerprint density at radius 3 is 2.73 bits per heavy atom. The number of hydrogen-bond donors (Lipinski definition) is 3.